The molecule has 2 rings (SSSR count). The standard InChI is InChI=1S/C19H21NO3/c1-4-22-18-13-15(8-10-16-7-5-6-12-20-16)9-11-17(18)23-19(21)14(2)3/h5-14H,4H2,1-3H3/b10-8+. The molecule has 1 aromatic heterocycles. The van der Waals surface area contributed by atoms with E-state index in [1.807, 2.05) is 49.4 Å². The Kier molecular flexibility index (Phi) is 5.92. The summed E-state index contributed by atoms with van der Waals surface area (Å²) in [5.41, 5.74) is 1.82. The Balaban J connectivity index is 2.21. The Bertz CT molecular complexity index is 678. The van der Waals surface area contributed by atoms with Gasteiger partial charge >= 0.3 is 5.97 Å². The summed E-state index contributed by atoms with van der Waals surface area (Å²) in [5.74, 6) is 0.543. The van der Waals surface area contributed by atoms with Crippen LogP contribution in [0.2, 0.25) is 0 Å². The van der Waals surface area contributed by atoms with E-state index in [9.17, 15) is 4.79 Å². The van der Waals surface area contributed by atoms with Gasteiger partial charge in [-0.2, -0.15) is 0 Å². The second-order valence-corrected chi connectivity index (χ2v) is 5.30. The van der Waals surface area contributed by atoms with Crippen molar-refractivity contribution >= 4 is 18.1 Å². The number of carbonyl (C=O) groups excluding carboxylic acids is 1. The summed E-state index contributed by atoms with van der Waals surface area (Å²) in [5, 5.41) is 0. The molecule has 4 nitrogen and oxygen atoms in total. The molecule has 0 aliphatic heterocycles. The van der Waals surface area contributed by atoms with Crippen molar-refractivity contribution in [2.24, 2.45) is 5.92 Å². The number of nitrogens with zero attached hydrogens (tertiary/aromatic N) is 1. The first kappa shape index (κ1) is 16.7. The zero-order valence-electron chi connectivity index (χ0n) is 13.7. The minimum absolute atomic E-state index is 0.187. The van der Waals surface area contributed by atoms with Gasteiger partial charge in [-0.05, 0) is 42.8 Å². The third-order valence-electron chi connectivity index (χ3n) is 3.08. The third-order valence-corrected chi connectivity index (χ3v) is 3.08. The van der Waals surface area contributed by atoms with Gasteiger partial charge in [-0.3, -0.25) is 9.78 Å². The quantitative estimate of drug-likeness (QED) is 0.592. The summed E-state index contributed by atoms with van der Waals surface area (Å²) in [6.07, 6.45) is 5.61. The molecule has 0 radical (unpaired) electrons. The van der Waals surface area contributed by atoms with Crippen LogP contribution in [0.15, 0.2) is 42.6 Å². The molecule has 0 aliphatic carbocycles. The minimum Gasteiger partial charge on any atom is -0.490 e. The van der Waals surface area contributed by atoms with Crippen molar-refractivity contribution in [1.29, 1.82) is 0 Å². The smallest absolute Gasteiger partial charge is 0.313 e. The van der Waals surface area contributed by atoms with Crippen molar-refractivity contribution in [2.45, 2.75) is 20.8 Å². The van der Waals surface area contributed by atoms with Crippen LogP contribution in [0.3, 0.4) is 0 Å². The van der Waals surface area contributed by atoms with Crippen LogP contribution in [0.1, 0.15) is 32.0 Å². The van der Waals surface area contributed by atoms with Gasteiger partial charge in [-0.15, -0.1) is 0 Å². The van der Waals surface area contributed by atoms with E-state index in [1.54, 1.807) is 26.1 Å². The summed E-state index contributed by atoms with van der Waals surface area (Å²) in [4.78, 5) is 16.0. The van der Waals surface area contributed by atoms with Gasteiger partial charge in [0.1, 0.15) is 0 Å². The van der Waals surface area contributed by atoms with Crippen molar-refractivity contribution < 1.29 is 14.3 Å². The molecular formula is C19H21NO3. The van der Waals surface area contributed by atoms with E-state index >= 15 is 0 Å². The molecule has 2 aromatic rings. The van der Waals surface area contributed by atoms with Crippen LogP contribution in [0.25, 0.3) is 12.2 Å². The molecule has 1 heterocycles. The predicted molar refractivity (Wildman–Crippen MR) is 91.2 cm³/mol. The van der Waals surface area contributed by atoms with Crippen LogP contribution in [0.4, 0.5) is 0 Å². The van der Waals surface area contributed by atoms with Crippen molar-refractivity contribution in [2.75, 3.05) is 6.61 Å². The molecule has 0 spiro atoms. The molecule has 23 heavy (non-hydrogen) atoms. The SMILES string of the molecule is CCOc1cc(/C=C/c2ccccn2)ccc1OC(=O)C(C)C. The van der Waals surface area contributed by atoms with Gasteiger partial charge in [0.05, 0.1) is 18.2 Å². The fourth-order valence-electron chi connectivity index (χ4n) is 1.86. The number of hydrogen-bond acceptors (Lipinski definition) is 4. The van der Waals surface area contributed by atoms with E-state index in [-0.39, 0.29) is 11.9 Å². The van der Waals surface area contributed by atoms with Crippen LogP contribution < -0.4 is 9.47 Å². The highest BCUT2D eigenvalue weighted by Crippen LogP contribution is 2.30. The lowest BCUT2D eigenvalue weighted by atomic mass is 10.1. The Morgan fingerprint density at radius 3 is 2.65 bits per heavy atom. The lowest BCUT2D eigenvalue weighted by molar-refractivity contribution is -0.137. The number of aromatic nitrogens is 1. The van der Waals surface area contributed by atoms with Gasteiger partial charge in [-0.1, -0.05) is 32.1 Å². The molecular weight excluding hydrogens is 290 g/mol. The fourth-order valence-corrected chi connectivity index (χ4v) is 1.86. The average molecular weight is 311 g/mol. The summed E-state index contributed by atoms with van der Waals surface area (Å²) >= 11 is 0. The highest BCUT2D eigenvalue weighted by Gasteiger charge is 2.13. The molecule has 120 valence electrons. The first-order valence-electron chi connectivity index (χ1n) is 7.67. The number of rotatable bonds is 6. The molecule has 0 amide bonds. The first-order chi connectivity index (χ1) is 11.1. The largest absolute Gasteiger partial charge is 0.490 e. The lowest BCUT2D eigenvalue weighted by Crippen LogP contribution is -2.15. The van der Waals surface area contributed by atoms with Gasteiger partial charge < -0.3 is 9.47 Å². The molecule has 0 bridgehead atoms. The molecule has 0 N–H and O–H groups in total. The molecule has 0 saturated carbocycles. The summed E-state index contributed by atoms with van der Waals surface area (Å²) in [6, 6.07) is 11.2. The number of esters is 1. The maximum absolute atomic E-state index is 11.8. The molecule has 0 saturated heterocycles. The van der Waals surface area contributed by atoms with Crippen molar-refractivity contribution in [1.82, 2.24) is 4.98 Å². The van der Waals surface area contributed by atoms with E-state index in [0.29, 0.717) is 18.1 Å². The minimum atomic E-state index is -0.275. The number of ether oxygens (including phenoxy) is 2. The fraction of sp³-hybridized carbons (Fsp3) is 0.263. The predicted octanol–water partition coefficient (Wildman–Crippen LogP) is 4.21. The Hall–Kier alpha value is -2.62. The Morgan fingerprint density at radius 1 is 1.17 bits per heavy atom. The van der Waals surface area contributed by atoms with Crippen LogP contribution in [0.5, 0.6) is 11.5 Å². The summed E-state index contributed by atoms with van der Waals surface area (Å²) in [7, 11) is 0. The zero-order chi connectivity index (χ0) is 16.7. The highest BCUT2D eigenvalue weighted by molar-refractivity contribution is 5.76. The van der Waals surface area contributed by atoms with Gasteiger partial charge in [0, 0.05) is 6.20 Å². The third kappa shape index (κ3) is 4.95. The van der Waals surface area contributed by atoms with Crippen molar-refractivity contribution in [3.05, 3.63) is 53.9 Å². The molecule has 1 aromatic carbocycles. The molecule has 0 aliphatic rings. The van der Waals surface area contributed by atoms with Gasteiger partial charge in [0.2, 0.25) is 0 Å². The molecule has 0 fully saturated rings. The summed E-state index contributed by atoms with van der Waals surface area (Å²) in [6.45, 7) is 5.99. The van der Waals surface area contributed by atoms with Crippen LogP contribution in [0, 0.1) is 5.92 Å². The van der Waals surface area contributed by atoms with Gasteiger partial charge in [0.25, 0.3) is 0 Å². The summed E-state index contributed by atoms with van der Waals surface area (Å²) < 4.78 is 11.0. The monoisotopic (exact) mass is 311 g/mol. The van der Waals surface area contributed by atoms with Gasteiger partial charge in [-0.25, -0.2) is 0 Å². The molecule has 0 atom stereocenters. The average Bonchev–Trinajstić information content (AvgIpc) is 2.56. The highest BCUT2D eigenvalue weighted by atomic mass is 16.6. The van der Waals surface area contributed by atoms with E-state index in [4.69, 9.17) is 9.47 Å². The van der Waals surface area contributed by atoms with Gasteiger partial charge in [0.15, 0.2) is 11.5 Å². The lowest BCUT2D eigenvalue weighted by Gasteiger charge is -2.12. The topological polar surface area (TPSA) is 48.4 Å². The molecule has 0 unspecified atom stereocenters. The number of hydrogen-bond donors (Lipinski definition) is 0. The second-order valence-electron chi connectivity index (χ2n) is 5.30. The second kappa shape index (κ2) is 8.13. The maximum atomic E-state index is 11.8. The van der Waals surface area contributed by atoms with E-state index in [1.165, 1.54) is 0 Å². The van der Waals surface area contributed by atoms with Crippen molar-refractivity contribution in [3.8, 4) is 11.5 Å². The Labute approximate surface area is 136 Å². The Morgan fingerprint density at radius 2 is 2.00 bits per heavy atom. The van der Waals surface area contributed by atoms with E-state index < -0.39 is 0 Å². The number of carbonyl (C=O) groups is 1. The number of pyridine rings is 1. The normalized spacial score (nSPS) is 11.0. The van der Waals surface area contributed by atoms with Crippen LogP contribution in [-0.2, 0) is 4.79 Å². The maximum Gasteiger partial charge on any atom is 0.313 e. The van der Waals surface area contributed by atoms with E-state index in [2.05, 4.69) is 4.98 Å². The molecule has 4 heteroatoms. The number of benzene rings is 1. The van der Waals surface area contributed by atoms with Crippen molar-refractivity contribution in [3.63, 3.8) is 0 Å². The van der Waals surface area contributed by atoms with E-state index in [0.717, 1.165) is 11.3 Å². The van der Waals surface area contributed by atoms with Crippen LogP contribution in [-0.4, -0.2) is 17.6 Å². The van der Waals surface area contributed by atoms with Crippen LogP contribution >= 0.6 is 0 Å². The first-order valence-corrected chi connectivity index (χ1v) is 7.67. The zero-order valence-corrected chi connectivity index (χ0v) is 13.7.